The number of rotatable bonds is 10. The molecule has 1 aliphatic rings. The number of nitrogens with one attached hydrogen (secondary N) is 1. The van der Waals surface area contributed by atoms with E-state index in [0.717, 1.165) is 72.6 Å². The normalized spacial score (nSPS) is 14.0. The van der Waals surface area contributed by atoms with E-state index in [2.05, 4.69) is 64.6 Å². The summed E-state index contributed by atoms with van der Waals surface area (Å²) in [4.78, 5) is 22.1. The van der Waals surface area contributed by atoms with Crippen LogP contribution in [0.25, 0.3) is 22.2 Å². The number of nitrogens with zero attached hydrogens (tertiary/aromatic N) is 4. The number of anilines is 2. The van der Waals surface area contributed by atoms with Crippen LogP contribution in [-0.4, -0.2) is 85.4 Å². The van der Waals surface area contributed by atoms with E-state index in [9.17, 15) is 4.79 Å². The Hall–Kier alpha value is -3.36. The van der Waals surface area contributed by atoms with E-state index in [-0.39, 0.29) is 0 Å². The van der Waals surface area contributed by atoms with Crippen molar-refractivity contribution in [2.45, 2.75) is 12.8 Å². The highest BCUT2D eigenvalue weighted by atomic mass is 16.4. The zero-order valence-electron chi connectivity index (χ0n) is 20.5. The number of nitrogens with two attached hydrogens (primary N) is 1. The number of piperazine rings is 1. The molecule has 4 N–H and O–H groups in total. The molecule has 2 heterocycles. The summed E-state index contributed by atoms with van der Waals surface area (Å²) in [7, 11) is 2.14. The number of aromatic nitrogens is 1. The van der Waals surface area contributed by atoms with Gasteiger partial charge in [0.1, 0.15) is 0 Å². The Labute approximate surface area is 207 Å². The zero-order valence-corrected chi connectivity index (χ0v) is 20.5. The van der Waals surface area contributed by atoms with Crippen molar-refractivity contribution in [1.29, 1.82) is 0 Å². The minimum atomic E-state index is -0.842. The lowest BCUT2D eigenvalue weighted by atomic mass is 10.1. The van der Waals surface area contributed by atoms with Crippen molar-refractivity contribution in [2.24, 2.45) is 5.73 Å². The smallest absolute Gasteiger partial charge is 0.407 e. The van der Waals surface area contributed by atoms with E-state index < -0.39 is 6.09 Å². The van der Waals surface area contributed by atoms with Crippen LogP contribution in [0.15, 0.2) is 54.6 Å². The van der Waals surface area contributed by atoms with Crippen molar-refractivity contribution in [3.63, 3.8) is 0 Å². The quantitative estimate of drug-likeness (QED) is 0.383. The van der Waals surface area contributed by atoms with Gasteiger partial charge in [0.15, 0.2) is 0 Å². The summed E-state index contributed by atoms with van der Waals surface area (Å²) in [6.07, 6.45) is 1.24. The maximum Gasteiger partial charge on any atom is 0.407 e. The van der Waals surface area contributed by atoms with E-state index in [1.807, 2.05) is 12.1 Å². The SMILES string of the molecule is CN(CCCN)CCCNc1cc(-c2ccc(N3CCN(C(=O)O)CC3)cc2)nc2ccccc12. The largest absolute Gasteiger partial charge is 0.465 e. The molecule has 1 amide bonds. The van der Waals surface area contributed by atoms with Gasteiger partial charge in [-0.1, -0.05) is 30.3 Å². The predicted molar refractivity (Wildman–Crippen MR) is 143 cm³/mol. The Morgan fingerprint density at radius 1 is 1.06 bits per heavy atom. The second kappa shape index (κ2) is 11.9. The van der Waals surface area contributed by atoms with Crippen LogP contribution in [0.4, 0.5) is 16.2 Å². The van der Waals surface area contributed by atoms with Crippen LogP contribution in [0.5, 0.6) is 0 Å². The van der Waals surface area contributed by atoms with Gasteiger partial charge < -0.3 is 30.9 Å². The fourth-order valence-electron chi connectivity index (χ4n) is 4.51. The molecule has 8 nitrogen and oxygen atoms in total. The number of carbonyl (C=O) groups is 1. The van der Waals surface area contributed by atoms with Crippen molar-refractivity contribution < 1.29 is 9.90 Å². The molecule has 186 valence electrons. The third kappa shape index (κ3) is 6.41. The molecular weight excluding hydrogens is 440 g/mol. The van der Waals surface area contributed by atoms with Crippen LogP contribution in [0, 0.1) is 0 Å². The summed E-state index contributed by atoms with van der Waals surface area (Å²) in [6, 6.07) is 18.8. The molecule has 0 aliphatic carbocycles. The third-order valence-corrected chi connectivity index (χ3v) is 6.57. The van der Waals surface area contributed by atoms with Gasteiger partial charge in [0.05, 0.1) is 11.2 Å². The number of amides is 1. The topological polar surface area (TPSA) is 98.0 Å². The van der Waals surface area contributed by atoms with E-state index in [0.29, 0.717) is 26.2 Å². The average Bonchev–Trinajstić information content (AvgIpc) is 2.89. The fraction of sp³-hybridized carbons (Fsp3) is 0.407. The van der Waals surface area contributed by atoms with Gasteiger partial charge in [-0.25, -0.2) is 9.78 Å². The fourth-order valence-corrected chi connectivity index (χ4v) is 4.51. The molecule has 0 spiro atoms. The maximum absolute atomic E-state index is 11.2. The molecule has 4 rings (SSSR count). The summed E-state index contributed by atoms with van der Waals surface area (Å²) in [5, 5.41) is 13.9. The van der Waals surface area contributed by atoms with Gasteiger partial charge in [0.25, 0.3) is 0 Å². The minimum Gasteiger partial charge on any atom is -0.465 e. The Balaban J connectivity index is 1.45. The lowest BCUT2D eigenvalue weighted by Gasteiger charge is -2.34. The molecular formula is C27H36N6O2. The Kier molecular flexibility index (Phi) is 8.39. The van der Waals surface area contributed by atoms with Gasteiger partial charge in [-0.2, -0.15) is 0 Å². The molecule has 0 saturated carbocycles. The van der Waals surface area contributed by atoms with Gasteiger partial charge in [-0.05, 0) is 63.8 Å². The first kappa shape index (κ1) is 24.8. The van der Waals surface area contributed by atoms with Gasteiger partial charge in [0.2, 0.25) is 0 Å². The van der Waals surface area contributed by atoms with Crippen LogP contribution in [0.3, 0.4) is 0 Å². The van der Waals surface area contributed by atoms with Crippen LogP contribution < -0.4 is 16.0 Å². The maximum atomic E-state index is 11.2. The van der Waals surface area contributed by atoms with E-state index >= 15 is 0 Å². The number of fused-ring (bicyclic) bond motifs is 1. The number of hydrogen-bond acceptors (Lipinski definition) is 6. The van der Waals surface area contributed by atoms with Gasteiger partial charge in [-0.15, -0.1) is 0 Å². The molecule has 1 fully saturated rings. The number of carboxylic acid groups (broad SMARTS) is 1. The Bertz CT molecular complexity index is 1110. The third-order valence-electron chi connectivity index (χ3n) is 6.57. The van der Waals surface area contributed by atoms with Crippen molar-refractivity contribution in [1.82, 2.24) is 14.8 Å². The number of para-hydroxylation sites is 1. The molecule has 0 atom stereocenters. The van der Waals surface area contributed by atoms with Gasteiger partial charge >= 0.3 is 6.09 Å². The van der Waals surface area contributed by atoms with E-state index in [4.69, 9.17) is 15.8 Å². The average molecular weight is 477 g/mol. The highest BCUT2D eigenvalue weighted by molar-refractivity contribution is 5.93. The lowest BCUT2D eigenvalue weighted by Crippen LogP contribution is -2.48. The molecule has 1 saturated heterocycles. The lowest BCUT2D eigenvalue weighted by molar-refractivity contribution is 0.142. The van der Waals surface area contributed by atoms with Crippen molar-refractivity contribution in [3.8, 4) is 11.3 Å². The van der Waals surface area contributed by atoms with Crippen LogP contribution in [0.1, 0.15) is 12.8 Å². The monoisotopic (exact) mass is 476 g/mol. The highest BCUT2D eigenvalue weighted by Crippen LogP contribution is 2.29. The number of hydrogen-bond donors (Lipinski definition) is 3. The molecule has 0 unspecified atom stereocenters. The van der Waals surface area contributed by atoms with Crippen molar-refractivity contribution in [3.05, 3.63) is 54.6 Å². The predicted octanol–water partition coefficient (Wildman–Crippen LogP) is 3.78. The molecule has 2 aromatic carbocycles. The number of pyridine rings is 1. The zero-order chi connectivity index (χ0) is 24.6. The molecule has 8 heteroatoms. The van der Waals surface area contributed by atoms with Crippen LogP contribution >= 0.6 is 0 Å². The van der Waals surface area contributed by atoms with Crippen molar-refractivity contribution in [2.75, 3.05) is 69.6 Å². The summed E-state index contributed by atoms with van der Waals surface area (Å²) in [6.45, 7) is 6.15. The number of benzene rings is 2. The van der Waals surface area contributed by atoms with Crippen molar-refractivity contribution >= 4 is 28.4 Å². The molecule has 0 bridgehead atoms. The van der Waals surface area contributed by atoms with E-state index in [1.165, 1.54) is 4.90 Å². The summed E-state index contributed by atoms with van der Waals surface area (Å²) in [5.74, 6) is 0. The first-order valence-corrected chi connectivity index (χ1v) is 12.4. The summed E-state index contributed by atoms with van der Waals surface area (Å²) in [5.41, 5.74) is 10.8. The molecule has 35 heavy (non-hydrogen) atoms. The van der Waals surface area contributed by atoms with Crippen LogP contribution in [-0.2, 0) is 0 Å². The van der Waals surface area contributed by atoms with Gasteiger partial charge in [0, 0.05) is 55.0 Å². The van der Waals surface area contributed by atoms with E-state index in [1.54, 1.807) is 0 Å². The Morgan fingerprint density at radius 2 is 1.77 bits per heavy atom. The molecule has 0 radical (unpaired) electrons. The first-order chi connectivity index (χ1) is 17.0. The summed E-state index contributed by atoms with van der Waals surface area (Å²) < 4.78 is 0. The first-order valence-electron chi connectivity index (χ1n) is 12.4. The molecule has 1 aliphatic heterocycles. The molecule has 1 aromatic heterocycles. The second-order valence-electron chi connectivity index (χ2n) is 9.10. The Morgan fingerprint density at radius 3 is 2.49 bits per heavy atom. The standard InChI is InChI=1S/C27H36N6O2/c1-31(14-4-12-28)15-5-13-29-26-20-25(30-24-7-3-2-6-23(24)26)21-8-10-22(11-9-21)32-16-18-33(19-17-32)27(34)35/h2-3,6-11,20H,4-5,12-19,28H2,1H3,(H,29,30)(H,34,35). The minimum absolute atomic E-state index is 0.529. The van der Waals surface area contributed by atoms with Crippen LogP contribution in [0.2, 0.25) is 0 Å². The molecule has 3 aromatic rings. The summed E-state index contributed by atoms with van der Waals surface area (Å²) >= 11 is 0. The highest BCUT2D eigenvalue weighted by Gasteiger charge is 2.20. The van der Waals surface area contributed by atoms with Gasteiger partial charge in [-0.3, -0.25) is 0 Å². The second-order valence-corrected chi connectivity index (χ2v) is 9.10.